The average molecular weight is 320 g/mol. The Hall–Kier alpha value is 0.150. The summed E-state index contributed by atoms with van der Waals surface area (Å²) in [6.45, 7) is 7.59. The molecule has 0 aliphatic carbocycles. The second-order valence-corrected chi connectivity index (χ2v) is 7.65. The minimum atomic E-state index is -2.54. The van der Waals surface area contributed by atoms with Crippen molar-refractivity contribution in [3.05, 3.63) is 0 Å². The van der Waals surface area contributed by atoms with Crippen molar-refractivity contribution in [2.75, 3.05) is 12.8 Å². The monoisotopic (exact) mass is 320 g/mol. The number of hydrogen-bond donors (Lipinski definition) is 0. The van der Waals surface area contributed by atoms with Gasteiger partial charge in [-0.05, 0) is 27.7 Å². The molecule has 0 bridgehead atoms. The van der Waals surface area contributed by atoms with Crippen molar-refractivity contribution >= 4 is 8.38 Å². The molecule has 3 saturated heterocycles. The predicted octanol–water partition coefficient (Wildman–Crippen LogP) is -0.337. The molecule has 5 atom stereocenters. The molecule has 0 amide bonds. The van der Waals surface area contributed by atoms with Crippen molar-refractivity contribution < 1.29 is 33.5 Å². The highest BCUT2D eigenvalue weighted by Crippen LogP contribution is 2.45. The van der Waals surface area contributed by atoms with Gasteiger partial charge in [-0.2, -0.15) is 0 Å². The lowest BCUT2D eigenvalue weighted by molar-refractivity contribution is -0.293. The van der Waals surface area contributed by atoms with Gasteiger partial charge in [0, 0.05) is 5.92 Å². The van der Waals surface area contributed by atoms with Crippen molar-refractivity contribution in [3.8, 4) is 0 Å². The van der Waals surface area contributed by atoms with Gasteiger partial charge in [-0.15, -0.1) is 0 Å². The van der Waals surface area contributed by atoms with Gasteiger partial charge in [-0.1, -0.05) is 6.16 Å². The standard InChI is InChI=1S/C13H21O7P/c1-12(2)16-5-8(18-12)9-7(6-21(14)15)10-11(17-9)20-13(3,4)19-10/h7-11H,5-6H2,1-4H3/q-2/t7-,8-,9+,10-,11-/m1/s1. The largest absolute Gasteiger partial charge is 0.842 e. The first-order chi connectivity index (χ1) is 9.67. The van der Waals surface area contributed by atoms with Gasteiger partial charge in [0.25, 0.3) is 0 Å². The van der Waals surface area contributed by atoms with Crippen LogP contribution >= 0.6 is 8.38 Å². The topological polar surface area (TPSA) is 92.3 Å². The van der Waals surface area contributed by atoms with Crippen LogP contribution in [-0.4, -0.2) is 48.9 Å². The Morgan fingerprint density at radius 2 is 1.71 bits per heavy atom. The Morgan fingerprint density at radius 3 is 2.29 bits per heavy atom. The normalized spacial score (nSPS) is 44.4. The van der Waals surface area contributed by atoms with E-state index in [9.17, 15) is 9.79 Å². The first-order valence-electron chi connectivity index (χ1n) is 7.11. The molecule has 0 aromatic carbocycles. The van der Waals surface area contributed by atoms with E-state index in [0.29, 0.717) is 6.61 Å². The van der Waals surface area contributed by atoms with E-state index in [1.165, 1.54) is 0 Å². The highest BCUT2D eigenvalue weighted by atomic mass is 31.2. The zero-order valence-electron chi connectivity index (χ0n) is 12.6. The van der Waals surface area contributed by atoms with E-state index in [2.05, 4.69) is 0 Å². The third-order valence-electron chi connectivity index (χ3n) is 3.98. The highest BCUT2D eigenvalue weighted by Gasteiger charge is 2.57. The molecule has 0 N–H and O–H groups in total. The SMILES string of the molecule is CC1(C)O[C@H]2O[C@H]([C@H]3COC(C)(C)O3)[C@@H](CP([O-])[O-])[C@H]2O1. The molecule has 7 nitrogen and oxygen atoms in total. The second-order valence-electron chi connectivity index (χ2n) is 6.62. The summed E-state index contributed by atoms with van der Waals surface area (Å²) in [6, 6.07) is 0. The third-order valence-corrected chi connectivity index (χ3v) is 4.70. The lowest BCUT2D eigenvalue weighted by Gasteiger charge is -2.37. The van der Waals surface area contributed by atoms with Gasteiger partial charge in [-0.25, -0.2) is 0 Å². The molecule has 0 saturated carbocycles. The Labute approximate surface area is 125 Å². The third kappa shape index (κ3) is 3.26. The molecule has 3 aliphatic heterocycles. The van der Waals surface area contributed by atoms with E-state index < -0.39 is 38.4 Å². The van der Waals surface area contributed by atoms with Gasteiger partial charge in [0.2, 0.25) is 0 Å². The fraction of sp³-hybridized carbons (Fsp3) is 1.00. The van der Waals surface area contributed by atoms with Crippen molar-refractivity contribution in [2.24, 2.45) is 5.92 Å². The number of rotatable bonds is 3. The maximum Gasteiger partial charge on any atom is 0.187 e. The van der Waals surface area contributed by atoms with Crippen molar-refractivity contribution in [2.45, 2.75) is 63.9 Å². The quantitative estimate of drug-likeness (QED) is 0.657. The lowest BCUT2D eigenvalue weighted by atomic mass is 9.97. The maximum atomic E-state index is 11.2. The van der Waals surface area contributed by atoms with Crippen molar-refractivity contribution in [1.29, 1.82) is 0 Å². The van der Waals surface area contributed by atoms with Gasteiger partial charge in [0.1, 0.15) is 12.2 Å². The van der Waals surface area contributed by atoms with Crippen molar-refractivity contribution in [3.63, 3.8) is 0 Å². The summed E-state index contributed by atoms with van der Waals surface area (Å²) in [7, 11) is -2.54. The summed E-state index contributed by atoms with van der Waals surface area (Å²) in [5.41, 5.74) is 0. The van der Waals surface area contributed by atoms with Gasteiger partial charge < -0.3 is 41.8 Å². The predicted molar refractivity (Wildman–Crippen MR) is 68.9 cm³/mol. The van der Waals surface area contributed by atoms with Crippen LogP contribution in [0.15, 0.2) is 0 Å². The second kappa shape index (κ2) is 5.35. The molecule has 3 aliphatic rings. The van der Waals surface area contributed by atoms with E-state index in [1.54, 1.807) is 13.8 Å². The smallest absolute Gasteiger partial charge is 0.187 e. The molecule has 3 rings (SSSR count). The van der Waals surface area contributed by atoms with Crippen LogP contribution in [0.5, 0.6) is 0 Å². The zero-order chi connectivity index (χ0) is 15.4. The number of ether oxygens (including phenoxy) is 5. The van der Waals surface area contributed by atoms with Gasteiger partial charge in [0.05, 0.1) is 12.7 Å². The van der Waals surface area contributed by atoms with E-state index in [0.717, 1.165) is 0 Å². The Kier molecular flexibility index (Phi) is 4.09. The van der Waals surface area contributed by atoms with Crippen LogP contribution in [0.2, 0.25) is 0 Å². The van der Waals surface area contributed by atoms with E-state index in [-0.39, 0.29) is 18.2 Å². The minimum Gasteiger partial charge on any atom is -0.842 e. The summed E-state index contributed by atoms with van der Waals surface area (Å²) in [6.07, 6.45) is -1.70. The Balaban J connectivity index is 1.75. The molecule has 3 heterocycles. The summed E-state index contributed by atoms with van der Waals surface area (Å²) in [5, 5.41) is 0. The van der Waals surface area contributed by atoms with Crippen LogP contribution < -0.4 is 9.79 Å². The molecule has 0 spiro atoms. The summed E-state index contributed by atoms with van der Waals surface area (Å²) in [5.74, 6) is -1.77. The van der Waals surface area contributed by atoms with Gasteiger partial charge in [-0.3, -0.25) is 0 Å². The molecule has 0 aromatic heterocycles. The zero-order valence-corrected chi connectivity index (χ0v) is 13.5. The summed E-state index contributed by atoms with van der Waals surface area (Å²) in [4.78, 5) is 22.4. The molecule has 122 valence electrons. The molecule has 21 heavy (non-hydrogen) atoms. The molecule has 0 aromatic rings. The van der Waals surface area contributed by atoms with Crippen LogP contribution in [0.25, 0.3) is 0 Å². The molecule has 0 unspecified atom stereocenters. The highest BCUT2D eigenvalue weighted by molar-refractivity contribution is 7.42. The number of fused-ring (bicyclic) bond motifs is 1. The maximum absolute atomic E-state index is 11.2. The fourth-order valence-corrected chi connectivity index (χ4v) is 3.98. The molecule has 3 fully saturated rings. The molecular formula is C13H21O7P-2. The first kappa shape index (κ1) is 16.0. The minimum absolute atomic E-state index is 0.0130. The van der Waals surface area contributed by atoms with Crippen LogP contribution in [-0.2, 0) is 23.7 Å². The Bertz CT molecular complexity index is 400. The summed E-state index contributed by atoms with van der Waals surface area (Å²) >= 11 is 0. The average Bonchev–Trinajstić information content (AvgIpc) is 2.90. The lowest BCUT2D eigenvalue weighted by Crippen LogP contribution is -2.41. The van der Waals surface area contributed by atoms with Gasteiger partial charge in [0.15, 0.2) is 17.9 Å². The van der Waals surface area contributed by atoms with E-state index in [1.807, 2.05) is 13.8 Å². The first-order valence-corrected chi connectivity index (χ1v) is 8.48. The van der Waals surface area contributed by atoms with Crippen LogP contribution in [0, 0.1) is 5.92 Å². The van der Waals surface area contributed by atoms with E-state index in [4.69, 9.17) is 23.7 Å². The van der Waals surface area contributed by atoms with E-state index >= 15 is 0 Å². The van der Waals surface area contributed by atoms with Crippen LogP contribution in [0.1, 0.15) is 27.7 Å². The van der Waals surface area contributed by atoms with Crippen LogP contribution in [0.3, 0.4) is 0 Å². The summed E-state index contributed by atoms with van der Waals surface area (Å²) < 4.78 is 28.8. The molecule has 8 heteroatoms. The van der Waals surface area contributed by atoms with Gasteiger partial charge >= 0.3 is 0 Å². The number of hydrogen-bond acceptors (Lipinski definition) is 7. The van der Waals surface area contributed by atoms with Crippen molar-refractivity contribution in [1.82, 2.24) is 0 Å². The Morgan fingerprint density at radius 1 is 1.00 bits per heavy atom. The molecular weight excluding hydrogens is 299 g/mol. The fourth-order valence-electron chi connectivity index (χ4n) is 3.22. The van der Waals surface area contributed by atoms with Crippen LogP contribution in [0.4, 0.5) is 0 Å². The molecule has 0 radical (unpaired) electrons.